The molecule has 2 aromatic rings. The fourth-order valence-corrected chi connectivity index (χ4v) is 4.63. The maximum atomic E-state index is 13.3. The summed E-state index contributed by atoms with van der Waals surface area (Å²) in [4.78, 5) is 15.1. The predicted molar refractivity (Wildman–Crippen MR) is 110 cm³/mol. The van der Waals surface area contributed by atoms with Crippen LogP contribution in [0.1, 0.15) is 39.9 Å². The summed E-state index contributed by atoms with van der Waals surface area (Å²) >= 11 is 0. The molecule has 0 unspecified atom stereocenters. The number of carbonyl (C=O) groups is 1. The van der Waals surface area contributed by atoms with Crippen molar-refractivity contribution < 1.29 is 17.4 Å². The average molecular weight is 402 g/mol. The van der Waals surface area contributed by atoms with E-state index in [2.05, 4.69) is 0 Å². The van der Waals surface area contributed by atoms with Crippen LogP contribution < -0.4 is 0 Å². The van der Waals surface area contributed by atoms with Gasteiger partial charge in [0.25, 0.3) is 16.0 Å². The highest BCUT2D eigenvalue weighted by molar-refractivity contribution is 7.86. The van der Waals surface area contributed by atoms with Crippen molar-refractivity contribution in [2.45, 2.75) is 45.3 Å². The lowest BCUT2D eigenvalue weighted by Gasteiger charge is -2.39. The molecule has 1 fully saturated rings. The van der Waals surface area contributed by atoms with Gasteiger partial charge < -0.3 is 4.90 Å². The van der Waals surface area contributed by atoms with Gasteiger partial charge in [0.2, 0.25) is 0 Å². The smallest absolute Gasteiger partial charge is 0.264 e. The van der Waals surface area contributed by atoms with Gasteiger partial charge in [-0.25, -0.2) is 0 Å². The molecule has 0 aliphatic carbocycles. The fourth-order valence-electron chi connectivity index (χ4n) is 3.96. The van der Waals surface area contributed by atoms with E-state index in [1.807, 2.05) is 67.3 Å². The molecule has 150 valence electrons. The molecule has 0 radical (unpaired) electrons. The number of amides is 1. The van der Waals surface area contributed by atoms with E-state index in [0.29, 0.717) is 31.4 Å². The van der Waals surface area contributed by atoms with Gasteiger partial charge in [0, 0.05) is 18.2 Å². The molecule has 1 amide bonds. The summed E-state index contributed by atoms with van der Waals surface area (Å²) in [6, 6.07) is 15.7. The Hall–Kier alpha value is -2.18. The lowest BCUT2D eigenvalue weighted by atomic mass is 9.92. The highest BCUT2D eigenvalue weighted by Gasteiger charge is 2.34. The van der Waals surface area contributed by atoms with Crippen molar-refractivity contribution in [3.8, 4) is 0 Å². The van der Waals surface area contributed by atoms with Crippen LogP contribution in [-0.4, -0.2) is 44.2 Å². The van der Waals surface area contributed by atoms with Crippen molar-refractivity contribution >= 4 is 16.0 Å². The molecule has 0 saturated carbocycles. The number of likely N-dealkylation sites (tertiary alicyclic amines) is 1. The molecule has 1 aliphatic rings. The Morgan fingerprint density at radius 1 is 1.11 bits per heavy atom. The predicted octanol–water partition coefficient (Wildman–Crippen LogP) is 3.50. The van der Waals surface area contributed by atoms with E-state index >= 15 is 0 Å². The van der Waals surface area contributed by atoms with Gasteiger partial charge in [0.1, 0.15) is 0 Å². The Bertz CT molecular complexity index is 920. The van der Waals surface area contributed by atoms with E-state index in [0.717, 1.165) is 22.9 Å². The zero-order valence-corrected chi connectivity index (χ0v) is 17.4. The number of benzene rings is 2. The first-order valence-corrected chi connectivity index (χ1v) is 11.3. The third kappa shape index (κ3) is 5.42. The van der Waals surface area contributed by atoms with Gasteiger partial charge in [-0.15, -0.1) is 0 Å². The molecule has 0 bridgehead atoms. The van der Waals surface area contributed by atoms with Crippen LogP contribution in [0.25, 0.3) is 0 Å². The number of hydrogen-bond acceptors (Lipinski definition) is 4. The summed E-state index contributed by atoms with van der Waals surface area (Å²) in [5.41, 5.74) is 3.90. The molecule has 3 rings (SSSR count). The molecule has 28 heavy (non-hydrogen) atoms. The molecule has 5 nitrogen and oxygen atoms in total. The number of piperidine rings is 1. The van der Waals surface area contributed by atoms with Gasteiger partial charge in [-0.3, -0.25) is 8.98 Å². The van der Waals surface area contributed by atoms with Gasteiger partial charge in [0.05, 0.1) is 12.4 Å². The SMILES string of the molecule is Cc1cc(C)cc(C(=O)N2CC[C@H](OS(C)(=O)=O)C[C@@H]2Cc2ccccc2)c1. The Balaban J connectivity index is 1.85. The summed E-state index contributed by atoms with van der Waals surface area (Å²) in [5, 5.41) is 0. The molecule has 0 N–H and O–H groups in total. The summed E-state index contributed by atoms with van der Waals surface area (Å²) < 4.78 is 28.4. The van der Waals surface area contributed by atoms with Crippen molar-refractivity contribution in [3.05, 3.63) is 70.8 Å². The van der Waals surface area contributed by atoms with Gasteiger partial charge in [-0.1, -0.05) is 47.5 Å². The van der Waals surface area contributed by atoms with E-state index in [9.17, 15) is 13.2 Å². The van der Waals surface area contributed by atoms with Crippen LogP contribution in [-0.2, 0) is 20.7 Å². The average Bonchev–Trinajstić information content (AvgIpc) is 2.60. The molecule has 1 aliphatic heterocycles. The van der Waals surface area contributed by atoms with Crippen LogP contribution >= 0.6 is 0 Å². The fraction of sp³-hybridized carbons (Fsp3) is 0.409. The maximum Gasteiger partial charge on any atom is 0.264 e. The Morgan fingerprint density at radius 3 is 2.36 bits per heavy atom. The van der Waals surface area contributed by atoms with Crippen molar-refractivity contribution in [1.82, 2.24) is 4.90 Å². The summed E-state index contributed by atoms with van der Waals surface area (Å²) in [6.45, 7) is 4.44. The van der Waals surface area contributed by atoms with Crippen LogP contribution in [0, 0.1) is 13.8 Å². The number of nitrogens with zero attached hydrogens (tertiary/aromatic N) is 1. The minimum atomic E-state index is -3.52. The zero-order valence-electron chi connectivity index (χ0n) is 16.6. The Labute approximate surface area is 167 Å². The number of rotatable bonds is 5. The number of aryl methyl sites for hydroxylation is 2. The van der Waals surface area contributed by atoms with Crippen molar-refractivity contribution in [2.75, 3.05) is 12.8 Å². The molecular formula is C22H27NO4S. The molecule has 6 heteroatoms. The largest absolute Gasteiger partial charge is 0.335 e. The topological polar surface area (TPSA) is 63.7 Å². The molecule has 0 spiro atoms. The highest BCUT2D eigenvalue weighted by Crippen LogP contribution is 2.26. The van der Waals surface area contributed by atoms with Crippen molar-refractivity contribution in [1.29, 1.82) is 0 Å². The highest BCUT2D eigenvalue weighted by atomic mass is 32.2. The Kier molecular flexibility index (Phi) is 6.20. The van der Waals surface area contributed by atoms with Gasteiger partial charge >= 0.3 is 0 Å². The molecular weight excluding hydrogens is 374 g/mol. The van der Waals surface area contributed by atoms with E-state index in [1.165, 1.54) is 0 Å². The van der Waals surface area contributed by atoms with Crippen LogP contribution in [0.3, 0.4) is 0 Å². The number of hydrogen-bond donors (Lipinski definition) is 0. The van der Waals surface area contributed by atoms with Crippen LogP contribution in [0.15, 0.2) is 48.5 Å². The zero-order chi connectivity index (χ0) is 20.3. The van der Waals surface area contributed by atoms with E-state index in [-0.39, 0.29) is 11.9 Å². The van der Waals surface area contributed by atoms with Crippen LogP contribution in [0.2, 0.25) is 0 Å². The molecule has 0 aromatic heterocycles. The third-order valence-corrected chi connectivity index (χ3v) is 5.64. The van der Waals surface area contributed by atoms with Crippen LogP contribution in [0.4, 0.5) is 0 Å². The standard InChI is InChI=1S/C22H27NO4S/c1-16-11-17(2)13-19(12-16)22(24)23-10-9-21(27-28(3,25)26)15-20(23)14-18-7-5-4-6-8-18/h4-8,11-13,20-21H,9-10,14-15H2,1-3H3/t20-,21-/m0/s1. The van der Waals surface area contributed by atoms with E-state index < -0.39 is 16.2 Å². The monoisotopic (exact) mass is 401 g/mol. The minimum absolute atomic E-state index is 0.00876. The second kappa shape index (κ2) is 8.45. The van der Waals surface area contributed by atoms with Gasteiger partial charge in [-0.2, -0.15) is 8.42 Å². The third-order valence-electron chi connectivity index (χ3n) is 5.02. The first-order valence-electron chi connectivity index (χ1n) is 9.53. The van der Waals surface area contributed by atoms with Gasteiger partial charge in [0.15, 0.2) is 0 Å². The number of carbonyl (C=O) groups excluding carboxylic acids is 1. The lowest BCUT2D eigenvalue weighted by Crippen LogP contribution is -2.49. The molecule has 2 aromatic carbocycles. The lowest BCUT2D eigenvalue weighted by molar-refractivity contribution is 0.0412. The summed E-state index contributed by atoms with van der Waals surface area (Å²) in [5.74, 6) is -0.00876. The first kappa shape index (κ1) is 20.6. The van der Waals surface area contributed by atoms with Crippen molar-refractivity contribution in [2.24, 2.45) is 0 Å². The molecule has 2 atom stereocenters. The van der Waals surface area contributed by atoms with Gasteiger partial charge in [-0.05, 0) is 50.8 Å². The van der Waals surface area contributed by atoms with Crippen LogP contribution in [0.5, 0.6) is 0 Å². The second-order valence-corrected chi connectivity index (χ2v) is 9.27. The van der Waals surface area contributed by atoms with Crippen molar-refractivity contribution in [3.63, 3.8) is 0 Å². The van der Waals surface area contributed by atoms with E-state index in [4.69, 9.17) is 4.18 Å². The van der Waals surface area contributed by atoms with E-state index in [1.54, 1.807) is 0 Å². The maximum absolute atomic E-state index is 13.3. The molecule has 1 heterocycles. The normalized spacial score (nSPS) is 20.2. The first-order chi connectivity index (χ1) is 13.2. The quantitative estimate of drug-likeness (QED) is 0.720. The summed E-state index contributed by atoms with van der Waals surface area (Å²) in [6.07, 6.45) is 2.35. The minimum Gasteiger partial charge on any atom is -0.335 e. The Morgan fingerprint density at radius 2 is 1.75 bits per heavy atom. The summed E-state index contributed by atoms with van der Waals surface area (Å²) in [7, 11) is -3.52. The molecule has 1 saturated heterocycles. The second-order valence-electron chi connectivity index (χ2n) is 7.67.